The van der Waals surface area contributed by atoms with Gasteiger partial charge in [0.15, 0.2) is 6.29 Å². The van der Waals surface area contributed by atoms with Crippen molar-refractivity contribution in [1.29, 1.82) is 0 Å². The van der Waals surface area contributed by atoms with Crippen molar-refractivity contribution in [2.24, 2.45) is 5.41 Å². The van der Waals surface area contributed by atoms with Crippen molar-refractivity contribution >= 4 is 18.0 Å². The third-order valence-electron chi connectivity index (χ3n) is 3.06. The zero-order chi connectivity index (χ0) is 15.5. The van der Waals surface area contributed by atoms with Gasteiger partial charge >= 0.3 is 0 Å². The molecule has 21 heavy (non-hydrogen) atoms. The third kappa shape index (κ3) is 3.54. The van der Waals surface area contributed by atoms with Gasteiger partial charge in [-0.2, -0.15) is 0 Å². The number of amides is 1. The van der Waals surface area contributed by atoms with Crippen LogP contribution in [-0.4, -0.2) is 17.2 Å². The highest BCUT2D eigenvalue weighted by molar-refractivity contribution is 5.98. The summed E-state index contributed by atoms with van der Waals surface area (Å²) in [5.74, 6) is 0.121. The number of nitrogens with zero attached hydrogens (tertiary/aromatic N) is 1. The van der Waals surface area contributed by atoms with Gasteiger partial charge in [0.25, 0.3) is 0 Å². The van der Waals surface area contributed by atoms with E-state index in [1.54, 1.807) is 33.0 Å². The number of aromatic nitrogens is 1. The van der Waals surface area contributed by atoms with Crippen LogP contribution in [0.5, 0.6) is 0 Å². The van der Waals surface area contributed by atoms with Gasteiger partial charge in [-0.15, -0.1) is 0 Å². The maximum Gasteiger partial charge on any atom is 0.230 e. The predicted octanol–water partition coefficient (Wildman–Crippen LogP) is 3.55. The molecule has 4 heteroatoms. The number of hydrogen-bond donors (Lipinski definition) is 1. The zero-order valence-electron chi connectivity index (χ0n) is 12.4. The number of nitrogens with one attached hydrogen (secondary N) is 1. The highest BCUT2D eigenvalue weighted by Gasteiger charge is 2.22. The van der Waals surface area contributed by atoms with E-state index in [4.69, 9.17) is 0 Å². The van der Waals surface area contributed by atoms with Crippen molar-refractivity contribution in [3.8, 4) is 11.1 Å². The average molecular weight is 282 g/mol. The molecule has 4 nitrogen and oxygen atoms in total. The molecular weight excluding hydrogens is 264 g/mol. The maximum atomic E-state index is 12.0. The lowest BCUT2D eigenvalue weighted by Crippen LogP contribution is -2.28. The Morgan fingerprint density at radius 3 is 2.38 bits per heavy atom. The maximum absolute atomic E-state index is 12.0. The summed E-state index contributed by atoms with van der Waals surface area (Å²) in [7, 11) is 0. The molecule has 0 atom stereocenters. The Morgan fingerprint density at radius 1 is 1.14 bits per heavy atom. The lowest BCUT2D eigenvalue weighted by atomic mass is 9.95. The molecule has 0 aliphatic rings. The number of rotatable bonds is 3. The molecule has 0 spiro atoms. The second-order valence-electron chi connectivity index (χ2n) is 5.85. The number of aldehydes is 1. The average Bonchev–Trinajstić information content (AvgIpc) is 2.47. The highest BCUT2D eigenvalue weighted by Crippen LogP contribution is 2.23. The molecule has 1 N–H and O–H groups in total. The van der Waals surface area contributed by atoms with E-state index < -0.39 is 5.41 Å². The van der Waals surface area contributed by atoms with Gasteiger partial charge in [-0.3, -0.25) is 9.59 Å². The van der Waals surface area contributed by atoms with Gasteiger partial charge in [-0.05, 0) is 11.6 Å². The predicted molar refractivity (Wildman–Crippen MR) is 83.1 cm³/mol. The Morgan fingerprint density at radius 2 is 1.81 bits per heavy atom. The van der Waals surface area contributed by atoms with Crippen molar-refractivity contribution in [3.05, 3.63) is 48.2 Å². The summed E-state index contributed by atoms with van der Waals surface area (Å²) in [6.07, 6.45) is 2.36. The molecule has 2 rings (SSSR count). The van der Waals surface area contributed by atoms with E-state index in [0.717, 1.165) is 11.1 Å². The zero-order valence-corrected chi connectivity index (χ0v) is 12.4. The van der Waals surface area contributed by atoms with Gasteiger partial charge in [0.05, 0.1) is 5.56 Å². The van der Waals surface area contributed by atoms with Crippen LogP contribution in [0.4, 0.5) is 5.82 Å². The van der Waals surface area contributed by atoms with Crippen molar-refractivity contribution in [2.45, 2.75) is 20.8 Å². The molecule has 0 aliphatic heterocycles. The van der Waals surface area contributed by atoms with Gasteiger partial charge in [0, 0.05) is 17.2 Å². The minimum atomic E-state index is -0.542. The summed E-state index contributed by atoms with van der Waals surface area (Å²) in [4.78, 5) is 27.5. The van der Waals surface area contributed by atoms with Crippen LogP contribution in [0.1, 0.15) is 31.1 Å². The number of benzene rings is 1. The van der Waals surface area contributed by atoms with Crippen LogP contribution in [0, 0.1) is 5.41 Å². The molecule has 0 saturated carbocycles. The van der Waals surface area contributed by atoms with Gasteiger partial charge in [0.1, 0.15) is 5.82 Å². The SMILES string of the molecule is CC(C)(C)C(=O)Nc1ncc(-c2ccccc2)cc1C=O. The Labute approximate surface area is 124 Å². The quantitative estimate of drug-likeness (QED) is 0.876. The summed E-state index contributed by atoms with van der Waals surface area (Å²) < 4.78 is 0. The van der Waals surface area contributed by atoms with E-state index in [1.807, 2.05) is 30.3 Å². The Hall–Kier alpha value is -2.49. The van der Waals surface area contributed by atoms with Gasteiger partial charge < -0.3 is 5.32 Å². The molecule has 1 aromatic carbocycles. The molecule has 0 fully saturated rings. The molecule has 1 heterocycles. The topological polar surface area (TPSA) is 59.1 Å². The largest absolute Gasteiger partial charge is 0.310 e. The van der Waals surface area contributed by atoms with Gasteiger partial charge in [0.2, 0.25) is 5.91 Å². The fraction of sp³-hybridized carbons (Fsp3) is 0.235. The van der Waals surface area contributed by atoms with E-state index in [9.17, 15) is 9.59 Å². The van der Waals surface area contributed by atoms with Crippen molar-refractivity contribution in [3.63, 3.8) is 0 Å². The molecule has 0 aliphatic carbocycles. The lowest BCUT2D eigenvalue weighted by molar-refractivity contribution is -0.123. The van der Waals surface area contributed by atoms with Crippen molar-refractivity contribution in [2.75, 3.05) is 5.32 Å². The first kappa shape index (κ1) is 14.9. The molecular formula is C17H18N2O2. The van der Waals surface area contributed by atoms with E-state index in [-0.39, 0.29) is 5.91 Å². The first-order chi connectivity index (χ1) is 9.91. The third-order valence-corrected chi connectivity index (χ3v) is 3.06. The van der Waals surface area contributed by atoms with Crippen LogP contribution in [0.2, 0.25) is 0 Å². The van der Waals surface area contributed by atoms with Crippen LogP contribution in [0.3, 0.4) is 0 Å². The molecule has 1 aromatic heterocycles. The monoisotopic (exact) mass is 282 g/mol. The molecule has 108 valence electrons. The van der Waals surface area contributed by atoms with Crippen LogP contribution in [0.25, 0.3) is 11.1 Å². The molecule has 0 bridgehead atoms. The summed E-state index contributed by atoms with van der Waals surface area (Å²) in [5.41, 5.74) is 1.64. The summed E-state index contributed by atoms with van der Waals surface area (Å²) in [6.45, 7) is 5.42. The first-order valence-electron chi connectivity index (χ1n) is 6.74. The fourth-order valence-corrected chi connectivity index (χ4v) is 1.76. The van der Waals surface area contributed by atoms with Gasteiger partial charge in [-0.1, -0.05) is 51.1 Å². The molecule has 0 unspecified atom stereocenters. The number of anilines is 1. The van der Waals surface area contributed by atoms with Crippen LogP contribution in [-0.2, 0) is 4.79 Å². The second-order valence-corrected chi connectivity index (χ2v) is 5.85. The van der Waals surface area contributed by atoms with Crippen molar-refractivity contribution in [1.82, 2.24) is 4.98 Å². The molecule has 1 amide bonds. The summed E-state index contributed by atoms with van der Waals surface area (Å²) >= 11 is 0. The Balaban J connectivity index is 2.34. The van der Waals surface area contributed by atoms with Gasteiger partial charge in [-0.25, -0.2) is 4.98 Å². The molecule has 0 saturated heterocycles. The summed E-state index contributed by atoms with van der Waals surface area (Å²) in [5, 5.41) is 2.70. The molecule has 0 radical (unpaired) electrons. The number of carbonyl (C=O) groups excluding carboxylic acids is 2. The van der Waals surface area contributed by atoms with Crippen LogP contribution < -0.4 is 5.32 Å². The normalized spacial score (nSPS) is 11.0. The molecule has 2 aromatic rings. The highest BCUT2D eigenvalue weighted by atomic mass is 16.2. The number of hydrogen-bond acceptors (Lipinski definition) is 3. The Bertz CT molecular complexity index is 658. The summed E-state index contributed by atoms with van der Waals surface area (Å²) in [6, 6.07) is 11.4. The second kappa shape index (κ2) is 5.87. The van der Waals surface area contributed by atoms with Crippen molar-refractivity contribution < 1.29 is 9.59 Å². The van der Waals surface area contributed by atoms with Crippen LogP contribution in [0.15, 0.2) is 42.6 Å². The Kier molecular flexibility index (Phi) is 4.17. The standard InChI is InChI=1S/C17H18N2O2/c1-17(2,3)16(21)19-15-14(11-20)9-13(10-18-15)12-7-5-4-6-8-12/h4-11H,1-3H3,(H,18,19,21). The number of pyridine rings is 1. The van der Waals surface area contributed by atoms with E-state index >= 15 is 0 Å². The van der Waals surface area contributed by atoms with Crippen LogP contribution >= 0.6 is 0 Å². The van der Waals surface area contributed by atoms with E-state index in [2.05, 4.69) is 10.3 Å². The minimum absolute atomic E-state index is 0.175. The number of carbonyl (C=O) groups is 2. The lowest BCUT2D eigenvalue weighted by Gasteiger charge is -2.18. The smallest absolute Gasteiger partial charge is 0.230 e. The minimum Gasteiger partial charge on any atom is -0.310 e. The van der Waals surface area contributed by atoms with E-state index in [0.29, 0.717) is 17.7 Å². The van der Waals surface area contributed by atoms with E-state index in [1.165, 1.54) is 0 Å². The fourth-order valence-electron chi connectivity index (χ4n) is 1.76. The first-order valence-corrected chi connectivity index (χ1v) is 6.74.